The van der Waals surface area contributed by atoms with Crippen LogP contribution in [0, 0.1) is 12.3 Å². The molecule has 2 rings (SSSR count). The number of piperazine rings is 1. The van der Waals surface area contributed by atoms with Crippen LogP contribution in [0.5, 0.6) is 0 Å². The highest BCUT2D eigenvalue weighted by Gasteiger charge is 2.51. The first-order valence-corrected chi connectivity index (χ1v) is 7.16. The van der Waals surface area contributed by atoms with Gasteiger partial charge in [0.15, 0.2) is 0 Å². The second-order valence-electron chi connectivity index (χ2n) is 5.61. The van der Waals surface area contributed by atoms with Crippen LogP contribution in [0.15, 0.2) is 0 Å². The molecule has 1 saturated carbocycles. The first-order chi connectivity index (χ1) is 9.05. The molecule has 1 heterocycles. The van der Waals surface area contributed by atoms with Crippen molar-refractivity contribution in [3.05, 3.63) is 0 Å². The summed E-state index contributed by atoms with van der Waals surface area (Å²) in [4.78, 5) is 26.8. The monoisotopic (exact) mass is 262 g/mol. The molecule has 1 aliphatic carbocycles. The summed E-state index contributed by atoms with van der Waals surface area (Å²) >= 11 is 0. The molecule has 0 aromatic rings. The van der Waals surface area contributed by atoms with Crippen LogP contribution in [0.25, 0.3) is 0 Å². The van der Waals surface area contributed by atoms with E-state index in [-0.39, 0.29) is 17.9 Å². The largest absolute Gasteiger partial charge is 0.340 e. The molecule has 0 aromatic carbocycles. The fourth-order valence-electron chi connectivity index (χ4n) is 3.29. The molecule has 1 spiro atoms. The molecule has 0 radical (unpaired) electrons. The number of nitrogens with one attached hydrogen (secondary N) is 1. The summed E-state index contributed by atoms with van der Waals surface area (Å²) in [5.41, 5.74) is -0.688. The van der Waals surface area contributed by atoms with Gasteiger partial charge in [0.1, 0.15) is 11.6 Å². The molecular formula is C15H22N2O2. The maximum Gasteiger partial charge on any atom is 0.250 e. The van der Waals surface area contributed by atoms with E-state index in [1.165, 1.54) is 0 Å². The average molecular weight is 262 g/mol. The second-order valence-corrected chi connectivity index (χ2v) is 5.61. The zero-order chi connectivity index (χ0) is 14.0. The topological polar surface area (TPSA) is 49.4 Å². The number of amides is 2. The van der Waals surface area contributed by atoms with Crippen molar-refractivity contribution in [2.75, 3.05) is 0 Å². The van der Waals surface area contributed by atoms with Crippen LogP contribution >= 0.6 is 0 Å². The summed E-state index contributed by atoms with van der Waals surface area (Å²) in [6.07, 6.45) is 10.6. The molecule has 19 heavy (non-hydrogen) atoms. The van der Waals surface area contributed by atoms with Gasteiger partial charge in [-0.05, 0) is 26.2 Å². The Balaban J connectivity index is 2.35. The zero-order valence-corrected chi connectivity index (χ0v) is 11.7. The molecule has 2 aliphatic rings. The molecule has 4 heteroatoms. The minimum absolute atomic E-state index is 0.0177. The normalized spacial score (nSPS) is 27.8. The van der Waals surface area contributed by atoms with Crippen LogP contribution in [0.4, 0.5) is 0 Å². The first-order valence-electron chi connectivity index (χ1n) is 7.16. The summed E-state index contributed by atoms with van der Waals surface area (Å²) in [7, 11) is 0. The summed E-state index contributed by atoms with van der Waals surface area (Å²) in [5.74, 6) is 2.56. The Morgan fingerprint density at radius 3 is 2.58 bits per heavy atom. The molecule has 2 unspecified atom stereocenters. The molecule has 4 nitrogen and oxygen atoms in total. The van der Waals surface area contributed by atoms with Gasteiger partial charge in [0.05, 0.1) is 6.04 Å². The Bertz CT molecular complexity index is 418. The van der Waals surface area contributed by atoms with Gasteiger partial charge in [-0.15, -0.1) is 6.42 Å². The van der Waals surface area contributed by atoms with E-state index in [4.69, 9.17) is 6.42 Å². The van der Waals surface area contributed by atoms with Crippen LogP contribution < -0.4 is 5.32 Å². The zero-order valence-electron chi connectivity index (χ0n) is 11.7. The smallest absolute Gasteiger partial charge is 0.250 e. The Morgan fingerprint density at radius 1 is 1.42 bits per heavy atom. The summed E-state index contributed by atoms with van der Waals surface area (Å²) in [6, 6.07) is -0.756. The highest BCUT2D eigenvalue weighted by Crippen LogP contribution is 2.34. The van der Waals surface area contributed by atoms with E-state index >= 15 is 0 Å². The maximum absolute atomic E-state index is 12.8. The first kappa shape index (κ1) is 13.9. The van der Waals surface area contributed by atoms with Gasteiger partial charge in [-0.2, -0.15) is 0 Å². The number of rotatable bonds is 2. The van der Waals surface area contributed by atoms with Crippen LogP contribution in [-0.2, 0) is 9.59 Å². The lowest BCUT2D eigenvalue weighted by atomic mass is 9.78. The van der Waals surface area contributed by atoms with Crippen molar-refractivity contribution < 1.29 is 9.59 Å². The molecule has 2 atom stereocenters. The highest BCUT2D eigenvalue weighted by molar-refractivity contribution is 6.00. The Morgan fingerprint density at radius 2 is 2.05 bits per heavy atom. The average Bonchev–Trinajstić information content (AvgIpc) is 2.42. The predicted octanol–water partition coefficient (Wildman–Crippen LogP) is 1.45. The standard InChI is InChI=1S/C15H22N2O2/c1-4-11(3)17-12(5-2)13(18)16-15(14(17)19)9-7-6-8-10-15/h1,11-12H,5-10H2,2-3H3,(H,16,18). The van der Waals surface area contributed by atoms with Crippen molar-refractivity contribution in [1.29, 1.82) is 0 Å². The van der Waals surface area contributed by atoms with Crippen molar-refractivity contribution in [3.8, 4) is 12.3 Å². The van der Waals surface area contributed by atoms with E-state index in [0.29, 0.717) is 6.42 Å². The highest BCUT2D eigenvalue weighted by atomic mass is 16.2. The number of hydrogen-bond acceptors (Lipinski definition) is 2. The van der Waals surface area contributed by atoms with Crippen molar-refractivity contribution in [3.63, 3.8) is 0 Å². The van der Waals surface area contributed by atoms with Crippen LogP contribution in [-0.4, -0.2) is 34.3 Å². The van der Waals surface area contributed by atoms with Gasteiger partial charge < -0.3 is 10.2 Å². The van der Waals surface area contributed by atoms with Gasteiger partial charge in [-0.1, -0.05) is 32.1 Å². The van der Waals surface area contributed by atoms with E-state index in [2.05, 4.69) is 11.2 Å². The van der Waals surface area contributed by atoms with Crippen LogP contribution in [0.3, 0.4) is 0 Å². The fraction of sp³-hybridized carbons (Fsp3) is 0.733. The molecule has 104 valence electrons. The van der Waals surface area contributed by atoms with Crippen molar-refractivity contribution in [2.24, 2.45) is 0 Å². The lowest BCUT2D eigenvalue weighted by Gasteiger charge is -2.48. The number of terminal acetylenes is 1. The van der Waals surface area contributed by atoms with Gasteiger partial charge in [0.2, 0.25) is 11.8 Å². The quantitative estimate of drug-likeness (QED) is 0.766. The lowest BCUT2D eigenvalue weighted by Crippen LogP contribution is -2.72. The number of carbonyl (C=O) groups excluding carboxylic acids is 2. The van der Waals surface area contributed by atoms with Crippen molar-refractivity contribution >= 4 is 11.8 Å². The van der Waals surface area contributed by atoms with E-state index in [1.807, 2.05) is 13.8 Å². The molecule has 1 N–H and O–H groups in total. The molecule has 0 bridgehead atoms. The van der Waals surface area contributed by atoms with Gasteiger partial charge in [0, 0.05) is 0 Å². The molecule has 2 fully saturated rings. The van der Waals surface area contributed by atoms with Crippen LogP contribution in [0.1, 0.15) is 52.4 Å². The summed E-state index contributed by atoms with van der Waals surface area (Å²) in [5, 5.41) is 2.99. The van der Waals surface area contributed by atoms with E-state index in [0.717, 1.165) is 32.1 Å². The Kier molecular flexibility index (Phi) is 3.84. The Hall–Kier alpha value is -1.50. The second kappa shape index (κ2) is 5.24. The number of nitrogens with zero attached hydrogens (tertiary/aromatic N) is 1. The third-order valence-electron chi connectivity index (χ3n) is 4.40. The molecule has 1 saturated heterocycles. The lowest BCUT2D eigenvalue weighted by molar-refractivity contribution is -0.158. The van der Waals surface area contributed by atoms with Crippen molar-refractivity contribution in [2.45, 2.75) is 70.0 Å². The van der Waals surface area contributed by atoms with Gasteiger partial charge in [-0.25, -0.2) is 0 Å². The Labute approximate surface area is 114 Å². The molecular weight excluding hydrogens is 240 g/mol. The number of hydrogen-bond donors (Lipinski definition) is 1. The maximum atomic E-state index is 12.8. The van der Waals surface area contributed by atoms with Gasteiger partial charge >= 0.3 is 0 Å². The minimum atomic E-state index is -0.688. The van der Waals surface area contributed by atoms with Gasteiger partial charge in [0.25, 0.3) is 0 Å². The van der Waals surface area contributed by atoms with E-state index in [1.54, 1.807) is 4.90 Å². The van der Waals surface area contributed by atoms with E-state index in [9.17, 15) is 9.59 Å². The summed E-state index contributed by atoms with van der Waals surface area (Å²) < 4.78 is 0. The minimum Gasteiger partial charge on any atom is -0.340 e. The van der Waals surface area contributed by atoms with Crippen molar-refractivity contribution in [1.82, 2.24) is 10.2 Å². The SMILES string of the molecule is C#CC(C)N1C(=O)C2(CCCCC2)NC(=O)C1CC. The molecule has 0 aromatic heterocycles. The predicted molar refractivity (Wildman–Crippen MR) is 73.2 cm³/mol. The summed E-state index contributed by atoms with van der Waals surface area (Å²) in [6.45, 7) is 3.72. The van der Waals surface area contributed by atoms with Crippen LogP contribution in [0.2, 0.25) is 0 Å². The van der Waals surface area contributed by atoms with E-state index < -0.39 is 11.6 Å². The molecule has 2 amide bonds. The van der Waals surface area contributed by atoms with Gasteiger partial charge in [-0.3, -0.25) is 9.59 Å². The molecule has 1 aliphatic heterocycles. The third kappa shape index (κ3) is 2.22. The fourth-order valence-corrected chi connectivity index (χ4v) is 3.29. The third-order valence-corrected chi connectivity index (χ3v) is 4.40. The number of carbonyl (C=O) groups is 2.